The van der Waals surface area contributed by atoms with Gasteiger partial charge in [-0.1, -0.05) is 0 Å². The van der Waals surface area contributed by atoms with Crippen LogP contribution in [0.1, 0.15) is 18.3 Å². The maximum Gasteiger partial charge on any atom is 0.278 e. The van der Waals surface area contributed by atoms with Crippen molar-refractivity contribution in [3.8, 4) is 0 Å². The van der Waals surface area contributed by atoms with Crippen LogP contribution in [-0.2, 0) is 0 Å². The number of rotatable bonds is 4. The summed E-state index contributed by atoms with van der Waals surface area (Å²) in [5.74, 6) is 1.56. The van der Waals surface area contributed by atoms with Crippen LogP contribution in [0.2, 0.25) is 0 Å². The number of anilines is 1. The Balaban J connectivity index is 2.37. The Kier molecular flexibility index (Phi) is 3.34. The third-order valence-corrected chi connectivity index (χ3v) is 3.03. The maximum atomic E-state index is 11.6. The normalized spacial score (nSPS) is 13.1. The minimum absolute atomic E-state index is 0.0539. The molecule has 0 saturated heterocycles. The van der Waals surface area contributed by atoms with Gasteiger partial charge in [-0.05, 0) is 18.4 Å². The van der Waals surface area contributed by atoms with Gasteiger partial charge in [-0.2, -0.15) is 16.7 Å². The maximum absolute atomic E-state index is 11.6. The molecule has 0 fully saturated rings. The number of nitrogens with zero attached hydrogens (tertiary/aromatic N) is 2. The van der Waals surface area contributed by atoms with Crippen molar-refractivity contribution in [2.75, 3.05) is 17.7 Å². The van der Waals surface area contributed by atoms with E-state index in [2.05, 4.69) is 19.9 Å². The highest BCUT2D eigenvalue weighted by molar-refractivity contribution is 7.98. The number of imidazole rings is 1. The van der Waals surface area contributed by atoms with Gasteiger partial charge < -0.3 is 16.5 Å². The quantitative estimate of drug-likeness (QED) is 0.607. The molecule has 0 bridgehead atoms. The first-order chi connectivity index (χ1) is 8.11. The lowest BCUT2D eigenvalue weighted by molar-refractivity contribution is 0.666. The molecule has 17 heavy (non-hydrogen) atoms. The molecule has 2 rings (SSSR count). The van der Waals surface area contributed by atoms with Crippen LogP contribution in [0.15, 0.2) is 4.79 Å². The SMILES string of the molecule is CSCCC(N)c1nc2nc(N)[nH]c(=O)c2[nH]1. The Labute approximate surface area is 101 Å². The van der Waals surface area contributed by atoms with Crippen LogP contribution in [0.5, 0.6) is 0 Å². The predicted octanol–water partition coefficient (Wildman–Crippen LogP) is -0.0187. The van der Waals surface area contributed by atoms with E-state index in [1.165, 1.54) is 0 Å². The van der Waals surface area contributed by atoms with Crippen molar-refractivity contribution in [3.05, 3.63) is 16.2 Å². The van der Waals surface area contributed by atoms with Crippen molar-refractivity contribution in [2.45, 2.75) is 12.5 Å². The van der Waals surface area contributed by atoms with Gasteiger partial charge in [0.25, 0.3) is 5.56 Å². The van der Waals surface area contributed by atoms with Crippen LogP contribution in [0, 0.1) is 0 Å². The van der Waals surface area contributed by atoms with Crippen LogP contribution in [0.25, 0.3) is 11.2 Å². The summed E-state index contributed by atoms with van der Waals surface area (Å²) in [6, 6.07) is -0.225. The molecule has 7 nitrogen and oxygen atoms in total. The Bertz CT molecular complexity index is 576. The Morgan fingerprint density at radius 3 is 2.88 bits per heavy atom. The monoisotopic (exact) mass is 254 g/mol. The van der Waals surface area contributed by atoms with Crippen molar-refractivity contribution in [3.63, 3.8) is 0 Å². The number of fused-ring (bicyclic) bond motifs is 1. The molecular weight excluding hydrogens is 240 g/mol. The van der Waals surface area contributed by atoms with Crippen molar-refractivity contribution >= 4 is 28.9 Å². The molecule has 8 heteroatoms. The van der Waals surface area contributed by atoms with E-state index in [0.29, 0.717) is 17.0 Å². The molecule has 2 aromatic heterocycles. The molecule has 0 radical (unpaired) electrons. The first kappa shape index (κ1) is 11.9. The molecule has 0 amide bonds. The molecule has 1 unspecified atom stereocenters. The van der Waals surface area contributed by atoms with Crippen LogP contribution in [-0.4, -0.2) is 31.9 Å². The van der Waals surface area contributed by atoms with Crippen LogP contribution < -0.4 is 17.0 Å². The van der Waals surface area contributed by atoms with Gasteiger partial charge in [0.05, 0.1) is 6.04 Å². The van der Waals surface area contributed by atoms with Crippen LogP contribution in [0.3, 0.4) is 0 Å². The molecule has 0 aliphatic rings. The summed E-state index contributed by atoms with van der Waals surface area (Å²) < 4.78 is 0. The second-order valence-electron chi connectivity index (χ2n) is 3.66. The lowest BCUT2D eigenvalue weighted by Crippen LogP contribution is -2.13. The second-order valence-corrected chi connectivity index (χ2v) is 4.65. The lowest BCUT2D eigenvalue weighted by Gasteiger charge is -2.05. The Hall–Kier alpha value is -1.54. The van der Waals surface area contributed by atoms with E-state index in [-0.39, 0.29) is 17.5 Å². The molecule has 2 heterocycles. The first-order valence-electron chi connectivity index (χ1n) is 5.11. The molecule has 0 aliphatic heterocycles. The van der Waals surface area contributed by atoms with Gasteiger partial charge in [0.15, 0.2) is 11.2 Å². The van der Waals surface area contributed by atoms with E-state index < -0.39 is 0 Å². The summed E-state index contributed by atoms with van der Waals surface area (Å²) in [6.07, 6.45) is 2.80. The fraction of sp³-hybridized carbons (Fsp3) is 0.444. The minimum atomic E-state index is -0.330. The summed E-state index contributed by atoms with van der Waals surface area (Å²) in [6.45, 7) is 0. The molecule has 2 aromatic rings. The second kappa shape index (κ2) is 4.76. The number of nitrogens with two attached hydrogens (primary N) is 2. The van der Waals surface area contributed by atoms with E-state index in [1.54, 1.807) is 11.8 Å². The standard InChI is InChI=1S/C9H14N6OS/c1-17-3-2-4(10)6-12-5-7(13-6)14-9(11)15-8(5)16/h4H,2-3,10H2,1H3,(H4,11,12,13,14,15,16). The smallest absolute Gasteiger partial charge is 0.278 e. The average Bonchev–Trinajstić information content (AvgIpc) is 2.69. The summed E-state index contributed by atoms with van der Waals surface area (Å²) in [7, 11) is 0. The number of nitrogen functional groups attached to an aromatic ring is 1. The van der Waals surface area contributed by atoms with Gasteiger partial charge in [0.2, 0.25) is 5.95 Å². The zero-order valence-electron chi connectivity index (χ0n) is 9.36. The summed E-state index contributed by atoms with van der Waals surface area (Å²) in [4.78, 5) is 25.0. The fourth-order valence-corrected chi connectivity index (χ4v) is 1.99. The summed E-state index contributed by atoms with van der Waals surface area (Å²) in [5, 5.41) is 0. The van der Waals surface area contributed by atoms with E-state index >= 15 is 0 Å². The van der Waals surface area contributed by atoms with E-state index in [4.69, 9.17) is 11.5 Å². The number of H-pyrrole nitrogens is 2. The van der Waals surface area contributed by atoms with Gasteiger partial charge in [-0.25, -0.2) is 4.98 Å². The molecule has 6 N–H and O–H groups in total. The van der Waals surface area contributed by atoms with Gasteiger partial charge in [-0.15, -0.1) is 0 Å². The van der Waals surface area contributed by atoms with Crippen molar-refractivity contribution in [2.24, 2.45) is 5.73 Å². The number of aromatic nitrogens is 4. The molecular formula is C9H14N6OS. The van der Waals surface area contributed by atoms with Crippen LogP contribution >= 0.6 is 11.8 Å². The van der Waals surface area contributed by atoms with E-state index in [0.717, 1.165) is 12.2 Å². The van der Waals surface area contributed by atoms with Gasteiger partial charge in [-0.3, -0.25) is 9.78 Å². The number of nitrogens with one attached hydrogen (secondary N) is 2. The van der Waals surface area contributed by atoms with Gasteiger partial charge in [0, 0.05) is 0 Å². The summed E-state index contributed by atoms with van der Waals surface area (Å²) in [5.41, 5.74) is 11.7. The highest BCUT2D eigenvalue weighted by Crippen LogP contribution is 2.15. The van der Waals surface area contributed by atoms with Crippen LogP contribution in [0.4, 0.5) is 5.95 Å². The molecule has 0 saturated carbocycles. The lowest BCUT2D eigenvalue weighted by atomic mass is 10.2. The molecule has 0 aliphatic carbocycles. The van der Waals surface area contributed by atoms with Crippen molar-refractivity contribution in [1.29, 1.82) is 0 Å². The minimum Gasteiger partial charge on any atom is -0.369 e. The van der Waals surface area contributed by atoms with E-state index in [9.17, 15) is 4.79 Å². The van der Waals surface area contributed by atoms with Crippen molar-refractivity contribution in [1.82, 2.24) is 19.9 Å². The third kappa shape index (κ3) is 2.42. The fourth-order valence-electron chi connectivity index (χ4n) is 1.50. The van der Waals surface area contributed by atoms with Crippen molar-refractivity contribution < 1.29 is 0 Å². The molecule has 0 spiro atoms. The highest BCUT2D eigenvalue weighted by atomic mass is 32.2. The highest BCUT2D eigenvalue weighted by Gasteiger charge is 2.13. The van der Waals surface area contributed by atoms with Gasteiger partial charge >= 0.3 is 0 Å². The average molecular weight is 254 g/mol. The first-order valence-corrected chi connectivity index (χ1v) is 6.51. The topological polar surface area (TPSA) is 126 Å². The Morgan fingerprint density at radius 2 is 2.18 bits per heavy atom. The zero-order valence-corrected chi connectivity index (χ0v) is 10.2. The zero-order chi connectivity index (χ0) is 12.4. The molecule has 92 valence electrons. The van der Waals surface area contributed by atoms with Gasteiger partial charge in [0.1, 0.15) is 5.82 Å². The number of hydrogen-bond donors (Lipinski definition) is 4. The number of hydrogen-bond acceptors (Lipinski definition) is 6. The molecule has 1 atom stereocenters. The predicted molar refractivity (Wildman–Crippen MR) is 68.8 cm³/mol. The number of aromatic amines is 2. The van der Waals surface area contributed by atoms with E-state index in [1.807, 2.05) is 6.26 Å². The summed E-state index contributed by atoms with van der Waals surface area (Å²) >= 11 is 1.71. The Morgan fingerprint density at radius 1 is 1.41 bits per heavy atom. The number of thioether (sulfide) groups is 1. The largest absolute Gasteiger partial charge is 0.369 e. The molecule has 0 aromatic carbocycles. The third-order valence-electron chi connectivity index (χ3n) is 2.38.